The number of unbranched alkanes of at least 4 members (excludes halogenated alkanes) is 1. The normalized spacial score (nSPS) is 16.9. The Hall–Kier alpha value is -1.11. The van der Waals surface area contributed by atoms with Crippen LogP contribution < -0.4 is 0 Å². The molecule has 0 spiro atoms. The van der Waals surface area contributed by atoms with Gasteiger partial charge in [0, 0.05) is 31.2 Å². The highest BCUT2D eigenvalue weighted by molar-refractivity contribution is 7.89. The quantitative estimate of drug-likeness (QED) is 0.626. The lowest BCUT2D eigenvalue weighted by Crippen LogP contribution is -2.39. The first-order valence-corrected chi connectivity index (χ1v) is 11.7. The SMILES string of the molecule is CCCCN(C(=O)c1ccc(Cl)c(S(=O)(=O)N2CCCCC2)c1)C(C)CC. The lowest BCUT2D eigenvalue weighted by molar-refractivity contribution is 0.0685. The molecule has 1 aromatic rings. The summed E-state index contributed by atoms with van der Waals surface area (Å²) in [5.74, 6) is -0.135. The fourth-order valence-corrected chi connectivity index (χ4v) is 5.33. The molecular formula is C20H31ClN2O3S. The van der Waals surface area contributed by atoms with Gasteiger partial charge in [-0.1, -0.05) is 38.3 Å². The molecule has 1 aromatic carbocycles. The smallest absolute Gasteiger partial charge is 0.254 e. The Morgan fingerprint density at radius 1 is 1.22 bits per heavy atom. The number of halogens is 1. The summed E-state index contributed by atoms with van der Waals surface area (Å²) in [6.07, 6.45) is 5.52. The molecule has 152 valence electrons. The molecule has 27 heavy (non-hydrogen) atoms. The van der Waals surface area contributed by atoms with Crippen LogP contribution in [0.1, 0.15) is 69.7 Å². The second-order valence-corrected chi connectivity index (χ2v) is 9.53. The minimum absolute atomic E-state index is 0.0384. The van der Waals surface area contributed by atoms with Gasteiger partial charge in [-0.25, -0.2) is 8.42 Å². The molecule has 1 aliphatic rings. The average molecular weight is 415 g/mol. The van der Waals surface area contributed by atoms with E-state index in [-0.39, 0.29) is 21.9 Å². The van der Waals surface area contributed by atoms with E-state index in [0.29, 0.717) is 25.2 Å². The van der Waals surface area contributed by atoms with E-state index in [9.17, 15) is 13.2 Å². The summed E-state index contributed by atoms with van der Waals surface area (Å²) in [5, 5.41) is 0.167. The predicted molar refractivity (Wildman–Crippen MR) is 110 cm³/mol. The first-order valence-electron chi connectivity index (χ1n) is 9.93. The number of rotatable bonds is 8. The van der Waals surface area contributed by atoms with Gasteiger partial charge in [0.05, 0.1) is 5.02 Å². The summed E-state index contributed by atoms with van der Waals surface area (Å²) in [6.45, 7) is 7.84. The Balaban J connectivity index is 2.36. The van der Waals surface area contributed by atoms with Crippen LogP contribution >= 0.6 is 11.6 Å². The molecule has 1 saturated heterocycles. The number of hydrogen-bond acceptors (Lipinski definition) is 3. The Morgan fingerprint density at radius 3 is 2.48 bits per heavy atom. The maximum Gasteiger partial charge on any atom is 0.254 e. The number of nitrogens with zero attached hydrogens (tertiary/aromatic N) is 2. The summed E-state index contributed by atoms with van der Waals surface area (Å²) < 4.78 is 27.5. The van der Waals surface area contributed by atoms with Crippen molar-refractivity contribution in [3.63, 3.8) is 0 Å². The summed E-state index contributed by atoms with van der Waals surface area (Å²) in [5.41, 5.74) is 0.381. The van der Waals surface area contributed by atoms with Crippen molar-refractivity contribution in [2.24, 2.45) is 0 Å². The number of hydrogen-bond donors (Lipinski definition) is 0. The number of sulfonamides is 1. The standard InChI is InChI=1S/C20H31ClN2O3S/c1-4-6-14-23(16(3)5-2)20(24)17-10-11-18(21)19(15-17)27(25,26)22-12-8-7-9-13-22/h10-11,15-16H,4-9,12-14H2,1-3H3. The fraction of sp³-hybridized carbons (Fsp3) is 0.650. The Morgan fingerprint density at radius 2 is 1.89 bits per heavy atom. The molecule has 0 N–H and O–H groups in total. The van der Waals surface area contributed by atoms with Crippen LogP contribution in [-0.4, -0.2) is 49.2 Å². The van der Waals surface area contributed by atoms with Crippen molar-refractivity contribution < 1.29 is 13.2 Å². The van der Waals surface area contributed by atoms with Crippen molar-refractivity contribution in [3.8, 4) is 0 Å². The zero-order valence-electron chi connectivity index (χ0n) is 16.6. The van der Waals surface area contributed by atoms with Gasteiger partial charge in [0.1, 0.15) is 4.90 Å². The highest BCUT2D eigenvalue weighted by Gasteiger charge is 2.29. The largest absolute Gasteiger partial charge is 0.336 e. The number of carbonyl (C=O) groups excluding carboxylic acids is 1. The van der Waals surface area contributed by atoms with Crippen LogP contribution in [0.4, 0.5) is 0 Å². The van der Waals surface area contributed by atoms with Gasteiger partial charge in [-0.15, -0.1) is 0 Å². The van der Waals surface area contributed by atoms with Crippen LogP contribution in [-0.2, 0) is 10.0 Å². The van der Waals surface area contributed by atoms with Crippen molar-refractivity contribution in [1.82, 2.24) is 9.21 Å². The Labute approximate surface area is 168 Å². The first-order chi connectivity index (χ1) is 12.8. The monoisotopic (exact) mass is 414 g/mol. The fourth-order valence-electron chi connectivity index (χ4n) is 3.32. The number of carbonyl (C=O) groups is 1. The van der Waals surface area contributed by atoms with Gasteiger partial charge in [-0.2, -0.15) is 4.31 Å². The molecule has 1 heterocycles. The zero-order valence-corrected chi connectivity index (χ0v) is 18.2. The third-order valence-electron chi connectivity index (χ3n) is 5.25. The van der Waals surface area contributed by atoms with Crippen molar-refractivity contribution >= 4 is 27.5 Å². The van der Waals surface area contributed by atoms with E-state index < -0.39 is 10.0 Å². The summed E-state index contributed by atoms with van der Waals surface area (Å²) >= 11 is 6.23. The van der Waals surface area contributed by atoms with Crippen molar-refractivity contribution in [1.29, 1.82) is 0 Å². The van der Waals surface area contributed by atoms with Crippen molar-refractivity contribution in [2.75, 3.05) is 19.6 Å². The second kappa shape index (κ2) is 9.89. The molecule has 1 unspecified atom stereocenters. The molecule has 2 rings (SSSR count). The van der Waals surface area contributed by atoms with Crippen LogP contribution in [0.25, 0.3) is 0 Å². The average Bonchev–Trinajstić information content (AvgIpc) is 2.68. The Bertz CT molecular complexity index is 746. The van der Waals surface area contributed by atoms with Gasteiger partial charge in [-0.05, 0) is 50.8 Å². The maximum atomic E-state index is 13.1. The molecule has 7 heteroatoms. The van der Waals surface area contributed by atoms with Crippen LogP contribution in [0.15, 0.2) is 23.1 Å². The molecule has 0 saturated carbocycles. The first kappa shape index (κ1) is 22.2. The summed E-state index contributed by atoms with van der Waals surface area (Å²) in [6, 6.07) is 4.71. The number of piperidine rings is 1. The highest BCUT2D eigenvalue weighted by Crippen LogP contribution is 2.28. The van der Waals surface area contributed by atoms with Gasteiger partial charge < -0.3 is 4.90 Å². The molecule has 1 aliphatic heterocycles. The van der Waals surface area contributed by atoms with E-state index in [1.807, 2.05) is 18.7 Å². The Kier molecular flexibility index (Phi) is 8.13. The lowest BCUT2D eigenvalue weighted by atomic mass is 10.1. The number of amides is 1. The predicted octanol–water partition coefficient (Wildman–Crippen LogP) is 4.56. The second-order valence-electron chi connectivity index (χ2n) is 7.22. The maximum absolute atomic E-state index is 13.1. The van der Waals surface area contributed by atoms with E-state index in [1.165, 1.54) is 16.4 Å². The third-order valence-corrected chi connectivity index (χ3v) is 7.63. The molecule has 0 aliphatic carbocycles. The van der Waals surface area contributed by atoms with Crippen LogP contribution in [0, 0.1) is 0 Å². The highest BCUT2D eigenvalue weighted by atomic mass is 35.5. The molecule has 1 atom stereocenters. The molecule has 5 nitrogen and oxygen atoms in total. The van der Waals surface area contributed by atoms with Crippen molar-refractivity contribution in [2.45, 2.75) is 70.2 Å². The summed E-state index contributed by atoms with van der Waals surface area (Å²) in [7, 11) is -3.69. The zero-order chi connectivity index (χ0) is 20.0. The van der Waals surface area contributed by atoms with E-state index in [2.05, 4.69) is 6.92 Å². The van der Waals surface area contributed by atoms with Crippen LogP contribution in [0.3, 0.4) is 0 Å². The summed E-state index contributed by atoms with van der Waals surface area (Å²) in [4.78, 5) is 15.0. The van der Waals surface area contributed by atoms with Gasteiger partial charge in [0.25, 0.3) is 5.91 Å². The molecule has 1 amide bonds. The van der Waals surface area contributed by atoms with Crippen LogP contribution in [0.2, 0.25) is 5.02 Å². The third kappa shape index (κ3) is 5.24. The van der Waals surface area contributed by atoms with E-state index in [1.54, 1.807) is 6.07 Å². The molecule has 0 radical (unpaired) electrons. The minimum Gasteiger partial charge on any atom is -0.336 e. The topological polar surface area (TPSA) is 57.7 Å². The molecule has 0 aromatic heterocycles. The van der Waals surface area contributed by atoms with Crippen LogP contribution in [0.5, 0.6) is 0 Å². The lowest BCUT2D eigenvalue weighted by Gasteiger charge is -2.29. The number of benzene rings is 1. The van der Waals surface area contributed by atoms with Gasteiger partial charge in [0.2, 0.25) is 10.0 Å². The van der Waals surface area contributed by atoms with E-state index in [0.717, 1.165) is 38.5 Å². The molecular weight excluding hydrogens is 384 g/mol. The van der Waals surface area contributed by atoms with Gasteiger partial charge in [0.15, 0.2) is 0 Å². The van der Waals surface area contributed by atoms with Gasteiger partial charge >= 0.3 is 0 Å². The van der Waals surface area contributed by atoms with Gasteiger partial charge in [-0.3, -0.25) is 4.79 Å². The van der Waals surface area contributed by atoms with E-state index in [4.69, 9.17) is 11.6 Å². The minimum atomic E-state index is -3.69. The molecule has 0 bridgehead atoms. The van der Waals surface area contributed by atoms with E-state index >= 15 is 0 Å². The van der Waals surface area contributed by atoms with Crippen molar-refractivity contribution in [3.05, 3.63) is 28.8 Å². The molecule has 1 fully saturated rings.